The standard InChI is InChI=1S/2C7H7.C4H10O.2ClH.Hf/c2*1-7-5-3-2-4-6-7;1-3-5-4-2;;;/h2*2-6H,1H2;3-4H2,1-2H3;2*1H;/q2*-1;;;;+4/p-2. The minimum absolute atomic E-state index is 0. The summed E-state index contributed by atoms with van der Waals surface area (Å²) in [4.78, 5) is 0. The quantitative estimate of drug-likeness (QED) is 0.368. The van der Waals surface area contributed by atoms with Gasteiger partial charge in [0.25, 0.3) is 0 Å². The van der Waals surface area contributed by atoms with Crippen LogP contribution in [0, 0.1) is 13.8 Å². The Morgan fingerprint density at radius 2 is 0.955 bits per heavy atom. The summed E-state index contributed by atoms with van der Waals surface area (Å²) in [6.07, 6.45) is 0. The number of hydrogen-bond donors (Lipinski definition) is 0. The van der Waals surface area contributed by atoms with Crippen molar-refractivity contribution in [3.05, 3.63) is 85.6 Å². The topological polar surface area (TPSA) is 9.23 Å². The molecule has 0 aromatic heterocycles. The molecular formula is C18H24Cl2HfO. The number of benzene rings is 2. The van der Waals surface area contributed by atoms with Gasteiger partial charge in [-0.05, 0) is 13.8 Å². The van der Waals surface area contributed by atoms with Crippen LogP contribution in [0.3, 0.4) is 0 Å². The Morgan fingerprint density at radius 3 is 1.05 bits per heavy atom. The minimum atomic E-state index is 0. The van der Waals surface area contributed by atoms with E-state index in [2.05, 4.69) is 13.8 Å². The zero-order valence-electron chi connectivity index (χ0n) is 13.3. The molecule has 0 aliphatic heterocycles. The summed E-state index contributed by atoms with van der Waals surface area (Å²) in [7, 11) is 0. The maximum atomic E-state index is 4.83. The van der Waals surface area contributed by atoms with Crippen molar-refractivity contribution in [2.24, 2.45) is 0 Å². The van der Waals surface area contributed by atoms with Gasteiger partial charge in [-0.2, -0.15) is 49.2 Å². The van der Waals surface area contributed by atoms with Gasteiger partial charge in [0.15, 0.2) is 0 Å². The minimum Gasteiger partial charge on any atom is -1.00 e. The first-order valence-electron chi connectivity index (χ1n) is 6.52. The largest absolute Gasteiger partial charge is 4.00 e. The molecular weight excluding hydrogens is 482 g/mol. The Hall–Kier alpha value is -0.410. The van der Waals surface area contributed by atoms with Gasteiger partial charge in [0.1, 0.15) is 0 Å². The van der Waals surface area contributed by atoms with E-state index in [-0.39, 0.29) is 50.7 Å². The molecule has 0 radical (unpaired) electrons. The molecule has 0 fully saturated rings. The molecule has 0 spiro atoms. The number of halogens is 2. The predicted molar refractivity (Wildman–Crippen MR) is 84.0 cm³/mol. The smallest absolute Gasteiger partial charge is 1.00 e. The fourth-order valence-corrected chi connectivity index (χ4v) is 1.16. The van der Waals surface area contributed by atoms with Crippen LogP contribution in [0.4, 0.5) is 0 Å². The van der Waals surface area contributed by atoms with Crippen molar-refractivity contribution in [3.8, 4) is 0 Å². The van der Waals surface area contributed by atoms with Crippen molar-refractivity contribution >= 4 is 0 Å². The molecule has 0 amide bonds. The van der Waals surface area contributed by atoms with Crippen LogP contribution >= 0.6 is 0 Å². The summed E-state index contributed by atoms with van der Waals surface area (Å²) >= 11 is 0. The summed E-state index contributed by atoms with van der Waals surface area (Å²) in [5.74, 6) is 0. The molecule has 1 nitrogen and oxygen atoms in total. The Kier molecular flexibility index (Phi) is 30.7. The molecule has 0 heterocycles. The van der Waals surface area contributed by atoms with Gasteiger partial charge in [-0.15, -0.1) is 24.3 Å². The second-order valence-corrected chi connectivity index (χ2v) is 3.75. The average Bonchev–Trinajstić information content (AvgIpc) is 2.43. The van der Waals surface area contributed by atoms with E-state index in [0.29, 0.717) is 0 Å². The van der Waals surface area contributed by atoms with Crippen LogP contribution in [-0.4, -0.2) is 13.2 Å². The van der Waals surface area contributed by atoms with Gasteiger partial charge in [-0.3, -0.25) is 0 Å². The Labute approximate surface area is 167 Å². The summed E-state index contributed by atoms with van der Waals surface area (Å²) in [6, 6.07) is 19.7. The van der Waals surface area contributed by atoms with Crippen LogP contribution in [0.5, 0.6) is 0 Å². The molecule has 0 saturated heterocycles. The normalized spacial score (nSPS) is 7.36. The van der Waals surface area contributed by atoms with Gasteiger partial charge in [0, 0.05) is 13.2 Å². The molecule has 22 heavy (non-hydrogen) atoms. The van der Waals surface area contributed by atoms with E-state index in [1.54, 1.807) is 0 Å². The SMILES string of the molecule is CCOCC.[CH2-]c1ccccc1.[CH2-]c1ccccc1.[Cl-].[Cl-].[Hf+4]. The maximum Gasteiger partial charge on any atom is 4.00 e. The third-order valence-electron chi connectivity index (χ3n) is 2.09. The first-order chi connectivity index (χ1) is 9.20. The van der Waals surface area contributed by atoms with Crippen molar-refractivity contribution in [3.63, 3.8) is 0 Å². The zero-order chi connectivity index (χ0) is 14.3. The van der Waals surface area contributed by atoms with Crippen LogP contribution in [0.1, 0.15) is 25.0 Å². The van der Waals surface area contributed by atoms with Gasteiger partial charge in [0.05, 0.1) is 0 Å². The van der Waals surface area contributed by atoms with Crippen LogP contribution in [0.25, 0.3) is 0 Å². The molecule has 0 aliphatic carbocycles. The van der Waals surface area contributed by atoms with Gasteiger partial charge >= 0.3 is 25.8 Å². The van der Waals surface area contributed by atoms with Crippen molar-refractivity contribution in [1.29, 1.82) is 0 Å². The summed E-state index contributed by atoms with van der Waals surface area (Å²) < 4.78 is 4.83. The molecule has 0 bridgehead atoms. The van der Waals surface area contributed by atoms with E-state index >= 15 is 0 Å². The maximum absolute atomic E-state index is 4.83. The van der Waals surface area contributed by atoms with Crippen molar-refractivity contribution in [2.45, 2.75) is 13.8 Å². The van der Waals surface area contributed by atoms with Gasteiger partial charge in [-0.25, -0.2) is 0 Å². The molecule has 2 rings (SSSR count). The third kappa shape index (κ3) is 21.9. The van der Waals surface area contributed by atoms with E-state index < -0.39 is 0 Å². The summed E-state index contributed by atoms with van der Waals surface area (Å²) in [5, 5.41) is 0. The number of hydrogen-bond acceptors (Lipinski definition) is 1. The zero-order valence-corrected chi connectivity index (χ0v) is 18.4. The molecule has 0 atom stereocenters. The first-order valence-corrected chi connectivity index (χ1v) is 6.52. The number of rotatable bonds is 2. The van der Waals surface area contributed by atoms with Gasteiger partial charge < -0.3 is 29.6 Å². The van der Waals surface area contributed by atoms with Crippen LogP contribution in [0.15, 0.2) is 60.7 Å². The third-order valence-corrected chi connectivity index (χ3v) is 2.09. The summed E-state index contributed by atoms with van der Waals surface area (Å²) in [5.41, 5.74) is 2.14. The van der Waals surface area contributed by atoms with Crippen molar-refractivity contribution < 1.29 is 55.4 Å². The molecule has 120 valence electrons. The fraction of sp³-hybridized carbons (Fsp3) is 0.222. The van der Waals surface area contributed by atoms with E-state index in [0.717, 1.165) is 24.3 Å². The second kappa shape index (κ2) is 22.9. The molecule has 4 heteroatoms. The summed E-state index contributed by atoms with van der Waals surface area (Å²) in [6.45, 7) is 13.1. The number of ether oxygens (including phenoxy) is 1. The molecule has 0 saturated carbocycles. The first kappa shape index (κ1) is 29.6. The van der Waals surface area contributed by atoms with E-state index in [4.69, 9.17) is 4.74 Å². The predicted octanol–water partition coefficient (Wildman–Crippen LogP) is -1.21. The average molecular weight is 506 g/mol. The Balaban J connectivity index is -0.000000105. The molecule has 2 aromatic rings. The second-order valence-electron chi connectivity index (χ2n) is 3.75. The molecule has 2 aromatic carbocycles. The van der Waals surface area contributed by atoms with E-state index in [1.165, 1.54) is 0 Å². The molecule has 0 aliphatic rings. The Morgan fingerprint density at radius 1 is 0.682 bits per heavy atom. The van der Waals surface area contributed by atoms with Crippen molar-refractivity contribution in [2.75, 3.05) is 13.2 Å². The van der Waals surface area contributed by atoms with E-state index in [1.807, 2.05) is 74.5 Å². The monoisotopic (exact) mass is 506 g/mol. The Bertz CT molecular complexity index is 357. The van der Waals surface area contributed by atoms with E-state index in [9.17, 15) is 0 Å². The van der Waals surface area contributed by atoms with Crippen molar-refractivity contribution in [1.82, 2.24) is 0 Å². The molecule has 0 N–H and O–H groups in total. The van der Waals surface area contributed by atoms with Gasteiger partial charge in [0.2, 0.25) is 0 Å². The molecule has 0 unspecified atom stereocenters. The van der Waals surface area contributed by atoms with Crippen LogP contribution in [0.2, 0.25) is 0 Å². The van der Waals surface area contributed by atoms with Crippen LogP contribution in [-0.2, 0) is 30.6 Å². The van der Waals surface area contributed by atoms with Gasteiger partial charge in [-0.1, -0.05) is 12.1 Å². The fourth-order valence-electron chi connectivity index (χ4n) is 1.16. The van der Waals surface area contributed by atoms with Crippen LogP contribution < -0.4 is 24.8 Å².